The number of nitrogens with zero attached hydrogens (tertiary/aromatic N) is 2. The van der Waals surface area contributed by atoms with Crippen molar-refractivity contribution in [3.05, 3.63) is 12.4 Å². The third kappa shape index (κ3) is 3.94. The van der Waals surface area contributed by atoms with Crippen LogP contribution in [0.3, 0.4) is 0 Å². The van der Waals surface area contributed by atoms with Crippen molar-refractivity contribution in [3.8, 4) is 5.88 Å². The second kappa shape index (κ2) is 6.39. The van der Waals surface area contributed by atoms with Crippen LogP contribution in [0.1, 0.15) is 26.7 Å². The molecule has 1 aromatic rings. The molecule has 0 saturated carbocycles. The van der Waals surface area contributed by atoms with E-state index in [0.29, 0.717) is 11.8 Å². The van der Waals surface area contributed by atoms with Crippen molar-refractivity contribution in [2.24, 2.45) is 0 Å². The summed E-state index contributed by atoms with van der Waals surface area (Å²) in [4.78, 5) is 8.32. The normalized spacial score (nSPS) is 18.3. The van der Waals surface area contributed by atoms with Crippen molar-refractivity contribution in [1.29, 1.82) is 0 Å². The summed E-state index contributed by atoms with van der Waals surface area (Å²) in [6.45, 7) is 5.38. The molecule has 1 aliphatic rings. The molecule has 2 rings (SSSR count). The summed E-state index contributed by atoms with van der Waals surface area (Å²) < 4.78 is 10.9. The highest BCUT2D eigenvalue weighted by Gasteiger charge is 2.32. The lowest BCUT2D eigenvalue weighted by molar-refractivity contribution is 0.0666. The van der Waals surface area contributed by atoms with Gasteiger partial charge < -0.3 is 14.8 Å². The van der Waals surface area contributed by atoms with Crippen molar-refractivity contribution in [3.63, 3.8) is 0 Å². The Bertz CT molecular complexity index is 409. The van der Waals surface area contributed by atoms with Gasteiger partial charge in [0.25, 0.3) is 0 Å². The summed E-state index contributed by atoms with van der Waals surface area (Å²) in [6.07, 6.45) is 3.34. The summed E-state index contributed by atoms with van der Waals surface area (Å²) in [5, 5.41) is 3.41. The Kier molecular flexibility index (Phi) is 4.82. The van der Waals surface area contributed by atoms with Gasteiger partial charge >= 0.3 is 0 Å². The second-order valence-electron chi connectivity index (χ2n) is 5.06. The zero-order chi connectivity index (χ0) is 13.7. The Balaban J connectivity index is 2.08. The van der Waals surface area contributed by atoms with Gasteiger partial charge in [0.2, 0.25) is 5.88 Å². The average molecular weight is 286 g/mol. The molecule has 0 amide bonds. The first-order chi connectivity index (χ1) is 9.13. The predicted molar refractivity (Wildman–Crippen MR) is 74.9 cm³/mol. The van der Waals surface area contributed by atoms with Crippen LogP contribution in [0.25, 0.3) is 0 Å². The van der Waals surface area contributed by atoms with Crippen LogP contribution in [0.5, 0.6) is 5.88 Å². The Labute approximate surface area is 118 Å². The largest absolute Gasteiger partial charge is 0.475 e. The van der Waals surface area contributed by atoms with Crippen molar-refractivity contribution in [2.45, 2.75) is 38.3 Å². The molecule has 1 saturated heterocycles. The maximum atomic E-state index is 6.12. The number of ether oxygens (including phenoxy) is 2. The topological polar surface area (TPSA) is 56.3 Å². The number of rotatable bonds is 5. The molecular formula is C13H20ClN3O2. The predicted octanol–water partition coefficient (Wildman–Crippen LogP) is 2.46. The van der Waals surface area contributed by atoms with Gasteiger partial charge in [-0.2, -0.15) is 0 Å². The number of aromatic nitrogens is 2. The van der Waals surface area contributed by atoms with Crippen LogP contribution in [-0.2, 0) is 4.74 Å². The fourth-order valence-electron chi connectivity index (χ4n) is 2.04. The van der Waals surface area contributed by atoms with E-state index >= 15 is 0 Å². The summed E-state index contributed by atoms with van der Waals surface area (Å²) in [5.41, 5.74) is -0.150. The van der Waals surface area contributed by atoms with E-state index in [0.717, 1.165) is 31.9 Å². The van der Waals surface area contributed by atoms with Gasteiger partial charge in [0.1, 0.15) is 12.1 Å². The standard InChI is InChI=1S/C13H20ClN3O2/c1-10(2)19-12-7-11(15-9-16-12)17-13(8-14)3-5-18-6-4-13/h7,9-10H,3-6,8H2,1-2H3,(H,15,16,17). The third-order valence-electron chi connectivity index (χ3n) is 3.10. The molecule has 1 aliphatic heterocycles. The molecule has 1 fully saturated rings. The quantitative estimate of drug-likeness (QED) is 0.842. The lowest BCUT2D eigenvalue weighted by Gasteiger charge is -2.36. The molecule has 19 heavy (non-hydrogen) atoms. The first-order valence-electron chi connectivity index (χ1n) is 6.54. The first kappa shape index (κ1) is 14.3. The van der Waals surface area contributed by atoms with E-state index < -0.39 is 0 Å². The Morgan fingerprint density at radius 3 is 2.79 bits per heavy atom. The maximum absolute atomic E-state index is 6.12. The van der Waals surface area contributed by atoms with E-state index in [1.54, 1.807) is 0 Å². The molecule has 1 aromatic heterocycles. The molecule has 1 N–H and O–H groups in total. The molecule has 106 valence electrons. The highest BCUT2D eigenvalue weighted by atomic mass is 35.5. The highest BCUT2D eigenvalue weighted by molar-refractivity contribution is 6.18. The fourth-order valence-corrected chi connectivity index (χ4v) is 2.37. The van der Waals surface area contributed by atoms with Crippen LogP contribution in [-0.4, -0.2) is 40.7 Å². The molecule has 0 aliphatic carbocycles. The van der Waals surface area contributed by atoms with E-state index in [9.17, 15) is 0 Å². The number of alkyl halides is 1. The van der Waals surface area contributed by atoms with Crippen LogP contribution in [0.4, 0.5) is 5.82 Å². The lowest BCUT2D eigenvalue weighted by Crippen LogP contribution is -2.45. The summed E-state index contributed by atoms with van der Waals surface area (Å²) in [6, 6.07) is 1.81. The van der Waals surface area contributed by atoms with Crippen molar-refractivity contribution in [1.82, 2.24) is 9.97 Å². The van der Waals surface area contributed by atoms with Gasteiger partial charge in [-0.25, -0.2) is 9.97 Å². The Hall–Kier alpha value is -1.07. The summed E-state index contributed by atoms with van der Waals surface area (Å²) in [5.74, 6) is 1.85. The number of halogens is 1. The van der Waals surface area contributed by atoms with E-state index in [4.69, 9.17) is 21.1 Å². The van der Waals surface area contributed by atoms with Crippen molar-refractivity contribution < 1.29 is 9.47 Å². The maximum Gasteiger partial charge on any atom is 0.218 e. The second-order valence-corrected chi connectivity index (χ2v) is 5.33. The van der Waals surface area contributed by atoms with Crippen LogP contribution in [0, 0.1) is 0 Å². The molecule has 6 heteroatoms. The Morgan fingerprint density at radius 2 is 2.16 bits per heavy atom. The zero-order valence-electron chi connectivity index (χ0n) is 11.4. The Morgan fingerprint density at radius 1 is 1.42 bits per heavy atom. The summed E-state index contributed by atoms with van der Waals surface area (Å²) in [7, 11) is 0. The van der Waals surface area contributed by atoms with Crippen LogP contribution >= 0.6 is 11.6 Å². The molecule has 0 atom stereocenters. The van der Waals surface area contributed by atoms with Gasteiger partial charge in [0.15, 0.2) is 0 Å². The molecule has 2 heterocycles. The van der Waals surface area contributed by atoms with Crippen LogP contribution in [0.15, 0.2) is 12.4 Å². The molecule has 0 bridgehead atoms. The minimum absolute atomic E-state index is 0.0906. The fraction of sp³-hybridized carbons (Fsp3) is 0.692. The van der Waals surface area contributed by atoms with Gasteiger partial charge in [-0.15, -0.1) is 11.6 Å². The zero-order valence-corrected chi connectivity index (χ0v) is 12.1. The first-order valence-corrected chi connectivity index (χ1v) is 7.08. The van der Waals surface area contributed by atoms with Crippen molar-refractivity contribution in [2.75, 3.05) is 24.4 Å². The van der Waals surface area contributed by atoms with Gasteiger partial charge in [-0.3, -0.25) is 0 Å². The number of nitrogens with one attached hydrogen (secondary N) is 1. The minimum atomic E-state index is -0.150. The molecular weight excluding hydrogens is 266 g/mol. The molecule has 0 unspecified atom stereocenters. The number of hydrogen-bond acceptors (Lipinski definition) is 5. The monoisotopic (exact) mass is 285 g/mol. The van der Waals surface area contributed by atoms with E-state index in [1.807, 2.05) is 19.9 Å². The van der Waals surface area contributed by atoms with Gasteiger partial charge in [-0.05, 0) is 26.7 Å². The van der Waals surface area contributed by atoms with E-state index in [-0.39, 0.29) is 11.6 Å². The van der Waals surface area contributed by atoms with Crippen LogP contribution in [0.2, 0.25) is 0 Å². The third-order valence-corrected chi connectivity index (χ3v) is 3.61. The number of anilines is 1. The molecule has 0 radical (unpaired) electrons. The van der Waals surface area contributed by atoms with E-state index in [1.165, 1.54) is 6.33 Å². The smallest absolute Gasteiger partial charge is 0.218 e. The highest BCUT2D eigenvalue weighted by Crippen LogP contribution is 2.27. The molecule has 5 nitrogen and oxygen atoms in total. The lowest BCUT2D eigenvalue weighted by atomic mass is 9.92. The number of hydrogen-bond donors (Lipinski definition) is 1. The van der Waals surface area contributed by atoms with E-state index in [2.05, 4.69) is 15.3 Å². The van der Waals surface area contributed by atoms with Gasteiger partial charge in [0.05, 0.1) is 11.6 Å². The summed E-state index contributed by atoms with van der Waals surface area (Å²) >= 11 is 6.12. The van der Waals surface area contributed by atoms with Gasteiger partial charge in [-0.1, -0.05) is 0 Å². The van der Waals surface area contributed by atoms with Crippen molar-refractivity contribution >= 4 is 17.4 Å². The molecule has 0 aromatic carbocycles. The SMILES string of the molecule is CC(C)Oc1cc(NC2(CCl)CCOCC2)ncn1. The van der Waals surface area contributed by atoms with Gasteiger partial charge in [0, 0.05) is 25.2 Å². The van der Waals surface area contributed by atoms with Crippen LogP contribution < -0.4 is 10.1 Å². The minimum Gasteiger partial charge on any atom is -0.475 e. The average Bonchev–Trinajstić information content (AvgIpc) is 2.39. The molecule has 0 spiro atoms.